The van der Waals surface area contributed by atoms with Gasteiger partial charge in [-0.25, -0.2) is 4.79 Å². The first-order valence-corrected chi connectivity index (χ1v) is 9.28. The molecular weight excluding hydrogens is 364 g/mol. The number of benzene rings is 2. The second-order valence-electron chi connectivity index (χ2n) is 7.31. The number of nitrogens with zero attached hydrogens (tertiary/aromatic N) is 1. The van der Waals surface area contributed by atoms with E-state index in [1.165, 1.54) is 0 Å². The molecule has 27 heavy (non-hydrogen) atoms. The lowest BCUT2D eigenvalue weighted by atomic mass is 9.90. The Morgan fingerprint density at radius 2 is 1.59 bits per heavy atom. The number of β-amino-alcohol motifs (C(OH)–C–C–N with tert-alkyl or cyclic N) is 1. The molecule has 2 N–H and O–H groups in total. The minimum Gasteiger partial charge on any atom is -0.387 e. The van der Waals surface area contributed by atoms with E-state index in [0.717, 1.165) is 10.5 Å². The van der Waals surface area contributed by atoms with Gasteiger partial charge in [0.1, 0.15) is 5.54 Å². The average molecular weight is 387 g/mol. The Labute approximate surface area is 163 Å². The minimum atomic E-state index is -1.15. The average Bonchev–Trinajstić information content (AvgIpc) is 2.86. The van der Waals surface area contributed by atoms with E-state index in [0.29, 0.717) is 22.1 Å². The number of aliphatic hydroxyl groups excluding tert-OH is 1. The first kappa shape index (κ1) is 19.4. The molecule has 1 fully saturated rings. The van der Waals surface area contributed by atoms with Crippen LogP contribution in [0.1, 0.15) is 49.5 Å². The van der Waals surface area contributed by atoms with E-state index in [2.05, 4.69) is 19.2 Å². The summed E-state index contributed by atoms with van der Waals surface area (Å²) in [5, 5.41) is 13.7. The SMILES string of the molecule is CC(C)c1ccc([C@@]2(C)NC(=O)N(C[C@H](O)c3ccc(Cl)cc3)C2=O)cc1. The number of halogens is 1. The van der Waals surface area contributed by atoms with Gasteiger partial charge in [0, 0.05) is 5.02 Å². The number of hydrogen-bond donors (Lipinski definition) is 2. The zero-order valence-corrected chi connectivity index (χ0v) is 16.3. The summed E-state index contributed by atoms with van der Waals surface area (Å²) in [6, 6.07) is 13.8. The zero-order valence-electron chi connectivity index (χ0n) is 15.6. The second kappa shape index (κ2) is 7.33. The highest BCUT2D eigenvalue weighted by atomic mass is 35.5. The molecule has 3 amide bonds. The van der Waals surface area contributed by atoms with Crippen molar-refractivity contribution in [1.29, 1.82) is 0 Å². The van der Waals surface area contributed by atoms with Gasteiger partial charge in [-0.3, -0.25) is 9.69 Å². The molecule has 2 aromatic carbocycles. The van der Waals surface area contributed by atoms with Crippen LogP contribution in [-0.4, -0.2) is 28.5 Å². The standard InChI is InChI=1S/C21H23ClN2O3/c1-13(2)14-4-8-16(9-5-14)21(3)19(26)24(20(27)23-21)12-18(25)15-6-10-17(22)11-7-15/h4-11,13,18,25H,12H2,1-3H3,(H,23,27)/t18-,21+/m0/s1. The number of amides is 3. The Bertz CT molecular complexity index is 849. The van der Waals surface area contributed by atoms with Crippen LogP contribution in [0.25, 0.3) is 0 Å². The summed E-state index contributed by atoms with van der Waals surface area (Å²) in [5.41, 5.74) is 1.32. The monoisotopic (exact) mass is 386 g/mol. The smallest absolute Gasteiger partial charge is 0.325 e. The molecule has 3 rings (SSSR count). The number of hydrogen-bond acceptors (Lipinski definition) is 3. The van der Waals surface area contributed by atoms with Gasteiger partial charge in [0.25, 0.3) is 5.91 Å². The van der Waals surface area contributed by atoms with Gasteiger partial charge >= 0.3 is 6.03 Å². The maximum absolute atomic E-state index is 13.0. The molecule has 0 bridgehead atoms. The molecule has 0 radical (unpaired) electrons. The molecule has 5 nitrogen and oxygen atoms in total. The van der Waals surface area contributed by atoms with E-state index in [4.69, 9.17) is 11.6 Å². The Morgan fingerprint density at radius 3 is 2.15 bits per heavy atom. The first-order valence-electron chi connectivity index (χ1n) is 8.90. The highest BCUT2D eigenvalue weighted by Crippen LogP contribution is 2.31. The van der Waals surface area contributed by atoms with Crippen LogP contribution < -0.4 is 5.32 Å². The largest absolute Gasteiger partial charge is 0.387 e. The molecule has 1 heterocycles. The highest BCUT2D eigenvalue weighted by molar-refractivity contribution is 6.30. The Hall–Kier alpha value is -2.37. The molecule has 2 atom stereocenters. The van der Waals surface area contributed by atoms with Gasteiger partial charge in [0.2, 0.25) is 0 Å². The van der Waals surface area contributed by atoms with E-state index in [-0.39, 0.29) is 12.5 Å². The molecule has 142 valence electrons. The van der Waals surface area contributed by atoms with E-state index in [1.807, 2.05) is 24.3 Å². The topological polar surface area (TPSA) is 69.6 Å². The quantitative estimate of drug-likeness (QED) is 0.764. The number of imide groups is 1. The maximum atomic E-state index is 13.0. The maximum Gasteiger partial charge on any atom is 0.325 e. The molecule has 1 aliphatic rings. The summed E-state index contributed by atoms with van der Waals surface area (Å²) in [4.78, 5) is 26.5. The van der Waals surface area contributed by atoms with Crippen molar-refractivity contribution in [2.45, 2.75) is 38.3 Å². The van der Waals surface area contributed by atoms with Crippen molar-refractivity contribution in [1.82, 2.24) is 10.2 Å². The summed E-state index contributed by atoms with van der Waals surface area (Å²) in [6.45, 7) is 5.76. The van der Waals surface area contributed by atoms with E-state index < -0.39 is 17.7 Å². The number of rotatable bonds is 5. The predicted octanol–water partition coefficient (Wildman–Crippen LogP) is 3.96. The van der Waals surface area contributed by atoms with Crippen LogP contribution >= 0.6 is 11.6 Å². The number of carbonyl (C=O) groups is 2. The van der Waals surface area contributed by atoms with E-state index in [1.54, 1.807) is 31.2 Å². The lowest BCUT2D eigenvalue weighted by Crippen LogP contribution is -2.41. The predicted molar refractivity (Wildman–Crippen MR) is 105 cm³/mol. The van der Waals surface area contributed by atoms with Gasteiger partial charge in [-0.2, -0.15) is 0 Å². The fourth-order valence-electron chi connectivity index (χ4n) is 3.22. The van der Waals surface area contributed by atoms with Gasteiger partial charge in [0.05, 0.1) is 12.6 Å². The van der Waals surface area contributed by atoms with Crippen molar-refractivity contribution < 1.29 is 14.7 Å². The van der Waals surface area contributed by atoms with Gasteiger partial charge in [-0.1, -0.05) is 61.8 Å². The number of urea groups is 1. The summed E-state index contributed by atoms with van der Waals surface area (Å²) >= 11 is 5.86. The van der Waals surface area contributed by atoms with Crippen molar-refractivity contribution in [2.75, 3.05) is 6.54 Å². The Balaban J connectivity index is 1.80. The molecule has 1 saturated heterocycles. The number of nitrogens with one attached hydrogen (secondary N) is 1. The van der Waals surface area contributed by atoms with Crippen molar-refractivity contribution in [2.24, 2.45) is 0 Å². The molecule has 0 unspecified atom stereocenters. The minimum absolute atomic E-state index is 0.119. The molecule has 2 aromatic rings. The van der Waals surface area contributed by atoms with Crippen LogP contribution in [0.3, 0.4) is 0 Å². The Kier molecular flexibility index (Phi) is 5.27. The van der Waals surface area contributed by atoms with Crippen LogP contribution in [0.2, 0.25) is 5.02 Å². The van der Waals surface area contributed by atoms with Crippen molar-refractivity contribution in [3.05, 3.63) is 70.2 Å². The van der Waals surface area contributed by atoms with Gasteiger partial charge in [0.15, 0.2) is 0 Å². The van der Waals surface area contributed by atoms with Gasteiger partial charge in [-0.05, 0) is 41.7 Å². The van der Waals surface area contributed by atoms with Gasteiger partial charge < -0.3 is 10.4 Å². The lowest BCUT2D eigenvalue weighted by Gasteiger charge is -2.23. The zero-order chi connectivity index (χ0) is 19.8. The van der Waals surface area contributed by atoms with Crippen LogP contribution in [0.5, 0.6) is 0 Å². The fraction of sp³-hybridized carbons (Fsp3) is 0.333. The van der Waals surface area contributed by atoms with E-state index >= 15 is 0 Å². The Morgan fingerprint density at radius 1 is 1.04 bits per heavy atom. The molecule has 0 spiro atoms. The van der Waals surface area contributed by atoms with Crippen LogP contribution in [-0.2, 0) is 10.3 Å². The second-order valence-corrected chi connectivity index (χ2v) is 7.75. The van der Waals surface area contributed by atoms with Crippen molar-refractivity contribution in [3.8, 4) is 0 Å². The molecule has 1 aliphatic heterocycles. The fourth-order valence-corrected chi connectivity index (χ4v) is 3.35. The van der Waals surface area contributed by atoms with E-state index in [9.17, 15) is 14.7 Å². The summed E-state index contributed by atoms with van der Waals surface area (Å²) in [6.07, 6.45) is -0.984. The molecule has 0 saturated carbocycles. The molecule has 0 aromatic heterocycles. The van der Waals surface area contributed by atoms with Gasteiger partial charge in [-0.15, -0.1) is 0 Å². The highest BCUT2D eigenvalue weighted by Gasteiger charge is 2.49. The summed E-state index contributed by atoms with van der Waals surface area (Å²) in [7, 11) is 0. The third kappa shape index (κ3) is 3.70. The van der Waals surface area contributed by atoms with Crippen molar-refractivity contribution in [3.63, 3.8) is 0 Å². The number of aliphatic hydroxyl groups is 1. The normalized spacial score (nSPS) is 20.9. The summed E-state index contributed by atoms with van der Waals surface area (Å²) < 4.78 is 0. The third-order valence-corrected chi connectivity index (χ3v) is 5.29. The van der Waals surface area contributed by atoms with Crippen LogP contribution in [0, 0.1) is 0 Å². The van der Waals surface area contributed by atoms with Crippen molar-refractivity contribution >= 4 is 23.5 Å². The molecule has 0 aliphatic carbocycles. The number of carbonyl (C=O) groups excluding carboxylic acids is 2. The molecule has 6 heteroatoms. The third-order valence-electron chi connectivity index (χ3n) is 5.04. The summed E-state index contributed by atoms with van der Waals surface area (Å²) in [5.74, 6) is 0.00422. The lowest BCUT2D eigenvalue weighted by molar-refractivity contribution is -0.132. The van der Waals surface area contributed by atoms with Crippen LogP contribution in [0.4, 0.5) is 4.79 Å². The van der Waals surface area contributed by atoms with Crippen LogP contribution in [0.15, 0.2) is 48.5 Å². The molecular formula is C21H23ClN2O3. The first-order chi connectivity index (χ1) is 12.7.